The predicted octanol–water partition coefficient (Wildman–Crippen LogP) is 2.18. The molecule has 0 bridgehead atoms. The highest BCUT2D eigenvalue weighted by Crippen LogP contribution is 2.26. The minimum absolute atomic E-state index is 0.125. The molecule has 0 radical (unpaired) electrons. The molecule has 3 N–H and O–H groups in total. The molecular weight excluding hydrogens is 393 g/mol. The van der Waals surface area contributed by atoms with Crippen LogP contribution in [0.3, 0.4) is 0 Å². The third-order valence-corrected chi connectivity index (χ3v) is 4.33. The van der Waals surface area contributed by atoms with Crippen LogP contribution in [0.2, 0.25) is 0 Å². The molecule has 2 heterocycles. The highest BCUT2D eigenvalue weighted by Gasteiger charge is 2.32. The number of hydrogen-bond donors (Lipinski definition) is 3. The number of alkyl halides is 3. The molecule has 0 saturated carbocycles. The number of ether oxygens (including phenoxy) is 1. The second-order valence-corrected chi connectivity index (χ2v) is 6.42. The molecule has 156 valence electrons. The number of aliphatic hydroxyl groups excluding tert-OH is 1. The second-order valence-electron chi connectivity index (χ2n) is 6.42. The molecule has 2 aliphatic heterocycles. The maximum Gasteiger partial charge on any atom is 0.573 e. The van der Waals surface area contributed by atoms with Gasteiger partial charge in [-0.2, -0.15) is 0 Å². The van der Waals surface area contributed by atoms with Crippen molar-refractivity contribution < 1.29 is 32.6 Å². The molecule has 0 saturated heterocycles. The number of amides is 3. The Bertz CT molecular complexity index is 837. The van der Waals surface area contributed by atoms with Crippen LogP contribution in [0.4, 0.5) is 18.0 Å². The van der Waals surface area contributed by atoms with Gasteiger partial charge in [0.1, 0.15) is 12.3 Å². The van der Waals surface area contributed by atoms with Crippen molar-refractivity contribution in [3.05, 3.63) is 41.3 Å². The maximum atomic E-state index is 12.8. The third-order valence-electron chi connectivity index (χ3n) is 4.33. The molecule has 2 aliphatic rings. The molecule has 1 atom stereocenters. The summed E-state index contributed by atoms with van der Waals surface area (Å²) < 4.78 is 40.7. The van der Waals surface area contributed by atoms with Gasteiger partial charge in [-0.3, -0.25) is 9.69 Å². The fourth-order valence-electron chi connectivity index (χ4n) is 3.07. The summed E-state index contributed by atoms with van der Waals surface area (Å²) in [6.45, 7) is -0.482. The smallest absolute Gasteiger partial charge is 0.406 e. The van der Waals surface area contributed by atoms with Crippen LogP contribution in [0.15, 0.2) is 40.8 Å². The first-order chi connectivity index (χ1) is 13.8. The number of aliphatic imine (C=N–C) groups is 1. The molecule has 0 fully saturated rings. The quantitative estimate of drug-likeness (QED) is 0.690. The third kappa shape index (κ3) is 5.25. The van der Waals surface area contributed by atoms with Crippen molar-refractivity contribution in [3.63, 3.8) is 0 Å². The second kappa shape index (κ2) is 8.52. The van der Waals surface area contributed by atoms with Gasteiger partial charge in [0.2, 0.25) is 5.91 Å². The Morgan fingerprint density at radius 3 is 2.72 bits per heavy atom. The molecule has 1 aromatic carbocycles. The summed E-state index contributed by atoms with van der Waals surface area (Å²) in [4.78, 5) is 30.1. The number of allylic oxidation sites excluding steroid dienone is 1. The zero-order chi connectivity index (χ0) is 21.0. The Kier molecular flexibility index (Phi) is 6.06. The summed E-state index contributed by atoms with van der Waals surface area (Å²) in [5.41, 5.74) is 1.04. The first-order valence-electron chi connectivity index (χ1n) is 8.87. The van der Waals surface area contributed by atoms with E-state index in [2.05, 4.69) is 20.4 Å². The molecule has 0 aliphatic carbocycles. The van der Waals surface area contributed by atoms with Crippen LogP contribution in [0.1, 0.15) is 30.9 Å². The Hall–Kier alpha value is -3.08. The SMILES string of the molecule is O=C1CN(C(=O)NC(CCO)c2ccc(OC(F)(F)F)cc2)C2=C(CCC=N2)N1. The molecule has 1 aromatic rings. The average molecular weight is 412 g/mol. The van der Waals surface area contributed by atoms with Crippen LogP contribution in [-0.4, -0.2) is 47.7 Å². The maximum absolute atomic E-state index is 12.8. The van der Waals surface area contributed by atoms with Gasteiger partial charge < -0.3 is 20.5 Å². The van der Waals surface area contributed by atoms with Crippen molar-refractivity contribution in [1.82, 2.24) is 15.5 Å². The van der Waals surface area contributed by atoms with Crippen LogP contribution in [0, 0.1) is 0 Å². The number of rotatable bonds is 5. The van der Waals surface area contributed by atoms with Gasteiger partial charge in [0.25, 0.3) is 0 Å². The lowest BCUT2D eigenvalue weighted by atomic mass is 10.0. The van der Waals surface area contributed by atoms with Crippen molar-refractivity contribution in [2.45, 2.75) is 31.7 Å². The lowest BCUT2D eigenvalue weighted by Gasteiger charge is -2.32. The van der Waals surface area contributed by atoms with E-state index in [1.54, 1.807) is 6.21 Å². The number of benzene rings is 1. The summed E-state index contributed by atoms with van der Waals surface area (Å²) in [5, 5.41) is 14.7. The van der Waals surface area contributed by atoms with Gasteiger partial charge in [0.15, 0.2) is 5.82 Å². The first kappa shape index (κ1) is 20.6. The van der Waals surface area contributed by atoms with Crippen molar-refractivity contribution in [3.8, 4) is 5.75 Å². The number of aliphatic hydroxyl groups is 1. The predicted molar refractivity (Wildman–Crippen MR) is 95.7 cm³/mol. The normalized spacial score (nSPS) is 17.5. The number of carbonyl (C=O) groups excluding carboxylic acids is 2. The molecule has 8 nitrogen and oxygen atoms in total. The fourth-order valence-corrected chi connectivity index (χ4v) is 3.07. The fraction of sp³-hybridized carbons (Fsp3) is 0.389. The van der Waals surface area contributed by atoms with Gasteiger partial charge in [0, 0.05) is 12.8 Å². The molecular formula is C18H19F3N4O4. The monoisotopic (exact) mass is 412 g/mol. The number of nitrogens with zero attached hydrogens (tertiary/aromatic N) is 2. The lowest BCUT2D eigenvalue weighted by Crippen LogP contribution is -2.50. The van der Waals surface area contributed by atoms with Crippen LogP contribution in [-0.2, 0) is 4.79 Å². The molecule has 29 heavy (non-hydrogen) atoms. The van der Waals surface area contributed by atoms with E-state index in [9.17, 15) is 27.9 Å². The Morgan fingerprint density at radius 1 is 1.34 bits per heavy atom. The van der Waals surface area contributed by atoms with E-state index in [-0.39, 0.29) is 25.5 Å². The molecule has 11 heteroatoms. The van der Waals surface area contributed by atoms with E-state index >= 15 is 0 Å². The summed E-state index contributed by atoms with van der Waals surface area (Å²) >= 11 is 0. The highest BCUT2D eigenvalue weighted by atomic mass is 19.4. The van der Waals surface area contributed by atoms with Gasteiger partial charge in [-0.05, 0) is 37.0 Å². The van der Waals surface area contributed by atoms with Gasteiger partial charge in [0.05, 0.1) is 11.7 Å². The first-order valence-corrected chi connectivity index (χ1v) is 8.87. The van der Waals surface area contributed by atoms with Crippen LogP contribution >= 0.6 is 0 Å². The zero-order valence-electron chi connectivity index (χ0n) is 15.2. The number of nitrogens with one attached hydrogen (secondary N) is 2. The van der Waals surface area contributed by atoms with E-state index in [0.717, 1.165) is 12.1 Å². The van der Waals surface area contributed by atoms with Crippen molar-refractivity contribution in [2.24, 2.45) is 4.99 Å². The summed E-state index contributed by atoms with van der Waals surface area (Å²) in [7, 11) is 0. The Morgan fingerprint density at radius 2 is 2.07 bits per heavy atom. The zero-order valence-corrected chi connectivity index (χ0v) is 15.2. The van der Waals surface area contributed by atoms with E-state index in [1.807, 2.05) is 0 Å². The number of carbonyl (C=O) groups is 2. The van der Waals surface area contributed by atoms with Crippen LogP contribution < -0.4 is 15.4 Å². The minimum atomic E-state index is -4.80. The number of urea groups is 1. The van der Waals surface area contributed by atoms with Gasteiger partial charge >= 0.3 is 12.4 Å². The summed E-state index contributed by atoms with van der Waals surface area (Å²) in [6, 6.07) is 3.70. The topological polar surface area (TPSA) is 103 Å². The van der Waals surface area contributed by atoms with E-state index in [4.69, 9.17) is 0 Å². The van der Waals surface area contributed by atoms with Crippen LogP contribution in [0.25, 0.3) is 0 Å². The largest absolute Gasteiger partial charge is 0.573 e. The molecule has 3 rings (SSSR count). The average Bonchev–Trinajstić information content (AvgIpc) is 2.66. The standard InChI is InChI=1S/C18H19F3N4O4/c19-18(20,21)29-12-5-3-11(4-6-12)13(7-9-26)24-17(28)25-10-15(27)23-14-2-1-8-22-16(14)25/h3-6,8,13,26H,1-2,7,9-10H2,(H,23,27)(H,24,28). The molecule has 0 aromatic heterocycles. The molecule has 1 unspecified atom stereocenters. The van der Waals surface area contributed by atoms with Gasteiger partial charge in [-0.25, -0.2) is 9.79 Å². The highest BCUT2D eigenvalue weighted by molar-refractivity contribution is 5.89. The van der Waals surface area contributed by atoms with E-state index in [1.165, 1.54) is 17.0 Å². The van der Waals surface area contributed by atoms with Crippen molar-refractivity contribution in [1.29, 1.82) is 0 Å². The Labute approximate surface area is 164 Å². The number of halogens is 3. The molecule has 3 amide bonds. The van der Waals surface area contributed by atoms with Crippen molar-refractivity contribution >= 4 is 18.2 Å². The van der Waals surface area contributed by atoms with Crippen LogP contribution in [0.5, 0.6) is 5.75 Å². The minimum Gasteiger partial charge on any atom is -0.406 e. The van der Waals surface area contributed by atoms with E-state index in [0.29, 0.717) is 29.9 Å². The lowest BCUT2D eigenvalue weighted by molar-refractivity contribution is -0.274. The van der Waals surface area contributed by atoms with E-state index < -0.39 is 24.2 Å². The Balaban J connectivity index is 1.75. The summed E-state index contributed by atoms with van der Waals surface area (Å²) in [5.74, 6) is -0.386. The summed E-state index contributed by atoms with van der Waals surface area (Å²) in [6.07, 6.45) is -1.83. The number of hydrogen-bond acceptors (Lipinski definition) is 5. The van der Waals surface area contributed by atoms with Gasteiger partial charge in [-0.1, -0.05) is 12.1 Å². The van der Waals surface area contributed by atoms with Crippen molar-refractivity contribution in [2.75, 3.05) is 13.2 Å². The molecule has 0 spiro atoms. The van der Waals surface area contributed by atoms with Gasteiger partial charge in [-0.15, -0.1) is 13.2 Å².